The Kier molecular flexibility index (Phi) is 6.58. The molecule has 9 nitrogen and oxygen atoms in total. The Bertz CT molecular complexity index is 1180. The van der Waals surface area contributed by atoms with E-state index in [1.165, 1.54) is 22.8 Å². The highest BCUT2D eigenvalue weighted by atomic mass is 32.1. The van der Waals surface area contributed by atoms with Gasteiger partial charge in [0.05, 0.1) is 35.3 Å². The molecule has 3 aromatic rings. The molecule has 0 atom stereocenters. The number of thiazole rings is 1. The van der Waals surface area contributed by atoms with Crippen LogP contribution in [0.5, 0.6) is 5.75 Å². The van der Waals surface area contributed by atoms with Gasteiger partial charge in [-0.1, -0.05) is 23.5 Å². The van der Waals surface area contributed by atoms with Gasteiger partial charge in [-0.05, 0) is 30.7 Å². The number of benzene rings is 2. The fourth-order valence-corrected chi connectivity index (χ4v) is 3.93. The minimum absolute atomic E-state index is 0.0466. The molecular weight excluding hydrogens is 410 g/mol. The second kappa shape index (κ2) is 9.31. The monoisotopic (exact) mass is 429 g/mol. The summed E-state index contributed by atoms with van der Waals surface area (Å²) in [4.78, 5) is 39.6. The Balaban J connectivity index is 2.01. The third kappa shape index (κ3) is 4.90. The maximum Gasteiger partial charge on any atom is 0.326 e. The average molecular weight is 429 g/mol. The molecule has 156 valence electrons. The SMILES string of the molecule is CCOC(=O)Cn1c(=NC(=O)Cc2cccc(OC)c2)sc2cc([N+](=O)[O-])ccc21. The van der Waals surface area contributed by atoms with E-state index in [-0.39, 0.29) is 30.1 Å². The molecule has 0 fully saturated rings. The fourth-order valence-electron chi connectivity index (χ4n) is 2.85. The van der Waals surface area contributed by atoms with Crippen molar-refractivity contribution in [3.63, 3.8) is 0 Å². The highest BCUT2D eigenvalue weighted by Crippen LogP contribution is 2.23. The number of nitrogens with zero attached hydrogens (tertiary/aromatic N) is 3. The predicted molar refractivity (Wildman–Crippen MR) is 110 cm³/mol. The van der Waals surface area contributed by atoms with E-state index in [0.29, 0.717) is 16.0 Å². The van der Waals surface area contributed by atoms with E-state index in [1.54, 1.807) is 38.3 Å². The Labute approximate surface area is 175 Å². The third-order valence-electron chi connectivity index (χ3n) is 4.18. The van der Waals surface area contributed by atoms with Crippen LogP contribution in [0.25, 0.3) is 10.2 Å². The molecule has 0 bridgehead atoms. The molecular formula is C20H19N3O6S. The van der Waals surface area contributed by atoms with E-state index in [1.807, 2.05) is 0 Å². The van der Waals surface area contributed by atoms with Gasteiger partial charge in [-0.15, -0.1) is 0 Å². The quantitative estimate of drug-likeness (QED) is 0.324. The zero-order valence-electron chi connectivity index (χ0n) is 16.4. The predicted octanol–water partition coefficient (Wildman–Crippen LogP) is 2.85. The molecule has 0 saturated carbocycles. The lowest BCUT2D eigenvalue weighted by molar-refractivity contribution is -0.384. The van der Waals surface area contributed by atoms with E-state index in [2.05, 4.69) is 4.99 Å². The van der Waals surface area contributed by atoms with Gasteiger partial charge in [0.2, 0.25) is 0 Å². The lowest BCUT2D eigenvalue weighted by Crippen LogP contribution is -2.23. The molecule has 0 aliphatic heterocycles. The molecule has 0 saturated heterocycles. The summed E-state index contributed by atoms with van der Waals surface area (Å²) in [6.07, 6.45) is 0.0466. The summed E-state index contributed by atoms with van der Waals surface area (Å²) in [6, 6.07) is 11.4. The number of methoxy groups -OCH3 is 1. The van der Waals surface area contributed by atoms with Crippen LogP contribution in [0.2, 0.25) is 0 Å². The molecule has 1 aromatic heterocycles. The standard InChI is InChI=1S/C20H19N3O6S/c1-3-29-19(25)12-22-16-8-7-14(23(26)27)11-17(16)30-20(22)21-18(24)10-13-5-4-6-15(9-13)28-2/h4-9,11H,3,10,12H2,1-2H3. The maximum absolute atomic E-state index is 12.6. The van der Waals surface area contributed by atoms with Crippen LogP contribution >= 0.6 is 11.3 Å². The van der Waals surface area contributed by atoms with E-state index in [0.717, 1.165) is 16.9 Å². The highest BCUT2D eigenvalue weighted by Gasteiger charge is 2.15. The van der Waals surface area contributed by atoms with Crippen LogP contribution in [0, 0.1) is 10.1 Å². The number of hydrogen-bond acceptors (Lipinski definition) is 7. The zero-order chi connectivity index (χ0) is 21.7. The summed E-state index contributed by atoms with van der Waals surface area (Å²) >= 11 is 1.10. The molecule has 10 heteroatoms. The van der Waals surface area contributed by atoms with Crippen molar-refractivity contribution in [2.45, 2.75) is 19.9 Å². The summed E-state index contributed by atoms with van der Waals surface area (Å²) < 4.78 is 12.2. The fraction of sp³-hybridized carbons (Fsp3) is 0.250. The Morgan fingerprint density at radius 1 is 1.23 bits per heavy atom. The second-order valence-electron chi connectivity index (χ2n) is 6.22. The Morgan fingerprint density at radius 3 is 2.73 bits per heavy atom. The molecule has 0 N–H and O–H groups in total. The van der Waals surface area contributed by atoms with Gasteiger partial charge in [0, 0.05) is 12.1 Å². The molecule has 0 unspecified atom stereocenters. The first-order chi connectivity index (χ1) is 14.4. The number of carbonyl (C=O) groups excluding carboxylic acids is 2. The van der Waals surface area contributed by atoms with Crippen molar-refractivity contribution < 1.29 is 24.0 Å². The van der Waals surface area contributed by atoms with Crippen LogP contribution in [0.4, 0.5) is 5.69 Å². The molecule has 0 aliphatic carbocycles. The summed E-state index contributed by atoms with van der Waals surface area (Å²) in [6.45, 7) is 1.76. The number of aromatic nitrogens is 1. The lowest BCUT2D eigenvalue weighted by atomic mass is 10.1. The first kappa shape index (κ1) is 21.2. The van der Waals surface area contributed by atoms with Crippen molar-refractivity contribution in [3.05, 3.63) is 62.9 Å². The van der Waals surface area contributed by atoms with E-state index in [4.69, 9.17) is 9.47 Å². The summed E-state index contributed by atoms with van der Waals surface area (Å²) in [5.74, 6) is -0.272. The summed E-state index contributed by atoms with van der Waals surface area (Å²) in [7, 11) is 1.54. The number of carbonyl (C=O) groups is 2. The topological polar surface area (TPSA) is 113 Å². The Morgan fingerprint density at radius 2 is 2.03 bits per heavy atom. The first-order valence-electron chi connectivity index (χ1n) is 9.05. The van der Waals surface area contributed by atoms with Gasteiger partial charge < -0.3 is 14.0 Å². The van der Waals surface area contributed by atoms with Crippen molar-refractivity contribution in [1.29, 1.82) is 0 Å². The molecule has 0 aliphatic rings. The molecule has 2 aromatic carbocycles. The largest absolute Gasteiger partial charge is 0.497 e. The maximum atomic E-state index is 12.6. The molecule has 1 heterocycles. The molecule has 1 amide bonds. The second-order valence-corrected chi connectivity index (χ2v) is 7.23. The number of nitro groups is 1. The van der Waals surface area contributed by atoms with Crippen molar-refractivity contribution >= 4 is 39.1 Å². The molecule has 0 radical (unpaired) electrons. The normalized spacial score (nSPS) is 11.5. The van der Waals surface area contributed by atoms with Crippen LogP contribution in [0.3, 0.4) is 0 Å². The first-order valence-corrected chi connectivity index (χ1v) is 9.86. The number of rotatable bonds is 7. The number of fused-ring (bicyclic) bond motifs is 1. The van der Waals surface area contributed by atoms with Gasteiger partial charge in [0.15, 0.2) is 4.80 Å². The zero-order valence-corrected chi connectivity index (χ0v) is 17.2. The van der Waals surface area contributed by atoms with Crippen LogP contribution < -0.4 is 9.54 Å². The number of esters is 1. The van der Waals surface area contributed by atoms with Crippen LogP contribution in [0.1, 0.15) is 12.5 Å². The molecule has 3 rings (SSSR count). The van der Waals surface area contributed by atoms with E-state index in [9.17, 15) is 19.7 Å². The van der Waals surface area contributed by atoms with Crippen molar-refractivity contribution in [3.8, 4) is 5.75 Å². The minimum atomic E-state index is -0.500. The smallest absolute Gasteiger partial charge is 0.326 e. The van der Waals surface area contributed by atoms with Gasteiger partial charge in [0.1, 0.15) is 12.3 Å². The van der Waals surface area contributed by atoms with Gasteiger partial charge in [0.25, 0.3) is 11.6 Å². The van der Waals surface area contributed by atoms with Crippen molar-refractivity contribution in [2.75, 3.05) is 13.7 Å². The summed E-state index contributed by atoms with van der Waals surface area (Å²) in [5, 5.41) is 11.1. The van der Waals surface area contributed by atoms with Gasteiger partial charge in [-0.3, -0.25) is 19.7 Å². The van der Waals surface area contributed by atoms with E-state index >= 15 is 0 Å². The van der Waals surface area contributed by atoms with Crippen LogP contribution in [-0.2, 0) is 27.3 Å². The van der Waals surface area contributed by atoms with Gasteiger partial charge in [-0.2, -0.15) is 4.99 Å². The highest BCUT2D eigenvalue weighted by molar-refractivity contribution is 7.16. The number of hydrogen-bond donors (Lipinski definition) is 0. The number of nitro benzene ring substituents is 1. The summed E-state index contributed by atoms with van der Waals surface area (Å²) in [5.41, 5.74) is 1.21. The molecule has 30 heavy (non-hydrogen) atoms. The number of ether oxygens (including phenoxy) is 2. The van der Waals surface area contributed by atoms with E-state index < -0.39 is 16.8 Å². The van der Waals surface area contributed by atoms with Gasteiger partial charge in [-0.25, -0.2) is 0 Å². The van der Waals surface area contributed by atoms with Crippen molar-refractivity contribution in [1.82, 2.24) is 4.57 Å². The minimum Gasteiger partial charge on any atom is -0.497 e. The average Bonchev–Trinajstić information content (AvgIpc) is 3.04. The lowest BCUT2D eigenvalue weighted by Gasteiger charge is -2.05. The molecule has 0 spiro atoms. The Hall–Kier alpha value is -3.53. The third-order valence-corrected chi connectivity index (χ3v) is 5.22. The van der Waals surface area contributed by atoms with Gasteiger partial charge >= 0.3 is 5.97 Å². The number of amides is 1. The van der Waals surface area contributed by atoms with Crippen LogP contribution in [-0.4, -0.2) is 35.1 Å². The van der Waals surface area contributed by atoms with Crippen molar-refractivity contribution in [2.24, 2.45) is 4.99 Å². The number of non-ortho nitro benzene ring substituents is 1. The van der Waals surface area contributed by atoms with Crippen LogP contribution in [0.15, 0.2) is 47.5 Å².